The topological polar surface area (TPSA) is 43.1 Å². The van der Waals surface area contributed by atoms with E-state index in [2.05, 4.69) is 0 Å². The first-order chi connectivity index (χ1) is 12.6. The molecule has 1 aliphatic rings. The van der Waals surface area contributed by atoms with Gasteiger partial charge in [-0.15, -0.1) is 0 Å². The fourth-order valence-electron chi connectivity index (χ4n) is 3.05. The molecule has 2 aromatic carbocycles. The molecule has 0 bridgehead atoms. The van der Waals surface area contributed by atoms with Gasteiger partial charge < -0.3 is 0 Å². The minimum absolute atomic E-state index is 0.104. The molecule has 0 aromatic heterocycles. The van der Waals surface area contributed by atoms with Gasteiger partial charge in [-0.3, -0.25) is 10.1 Å². The van der Waals surface area contributed by atoms with Gasteiger partial charge in [0.15, 0.2) is 11.6 Å². The van der Waals surface area contributed by atoms with Gasteiger partial charge in [-0.2, -0.15) is 13.2 Å². The number of rotatable bonds is 2. The Morgan fingerprint density at radius 3 is 2.11 bits per heavy atom. The van der Waals surface area contributed by atoms with Gasteiger partial charge in [0.2, 0.25) is 0 Å². The van der Waals surface area contributed by atoms with Gasteiger partial charge in [-0.1, -0.05) is 25.0 Å². The lowest BCUT2D eigenvalue weighted by molar-refractivity contribution is -0.388. The third-order valence-electron chi connectivity index (χ3n) is 4.42. The summed E-state index contributed by atoms with van der Waals surface area (Å²) < 4.78 is 62.6. The number of nitro benzene ring substituents is 1. The largest absolute Gasteiger partial charge is 0.423 e. The molecule has 1 fully saturated rings. The van der Waals surface area contributed by atoms with E-state index in [0.29, 0.717) is 5.56 Å². The molecular formula is C19H18F5NO2. The van der Waals surface area contributed by atoms with E-state index in [4.69, 9.17) is 0 Å². The van der Waals surface area contributed by atoms with E-state index in [9.17, 15) is 32.1 Å². The predicted molar refractivity (Wildman–Crippen MR) is 90.4 cm³/mol. The highest BCUT2D eigenvalue weighted by Gasteiger charge is 2.38. The molecule has 2 aromatic rings. The maximum absolute atomic E-state index is 12.8. The van der Waals surface area contributed by atoms with Gasteiger partial charge >= 0.3 is 6.18 Å². The Labute approximate surface area is 153 Å². The van der Waals surface area contributed by atoms with Gasteiger partial charge in [0.05, 0.1) is 4.92 Å². The standard InChI is InChI=1S/C12H12F3NO2.C7H6F2/c13-12(14,15)10-7-9(8-3-1-2-4-8)5-6-11(10)16(17)18;1-5-2-3-6(8)7(9)4-5/h5-8H,1-4H2;2-4H,1H3. The lowest BCUT2D eigenvalue weighted by Gasteiger charge is -2.13. The van der Waals surface area contributed by atoms with E-state index in [-0.39, 0.29) is 5.92 Å². The molecule has 8 heteroatoms. The fourth-order valence-corrected chi connectivity index (χ4v) is 3.05. The van der Waals surface area contributed by atoms with Crippen molar-refractivity contribution in [2.45, 2.75) is 44.7 Å². The van der Waals surface area contributed by atoms with Crippen LogP contribution in [0.2, 0.25) is 0 Å². The van der Waals surface area contributed by atoms with E-state index in [1.807, 2.05) is 0 Å². The smallest absolute Gasteiger partial charge is 0.258 e. The monoisotopic (exact) mass is 387 g/mol. The first-order valence-corrected chi connectivity index (χ1v) is 8.36. The minimum Gasteiger partial charge on any atom is -0.258 e. The maximum atomic E-state index is 12.8. The van der Waals surface area contributed by atoms with Crippen molar-refractivity contribution < 1.29 is 26.9 Å². The number of alkyl halides is 3. The SMILES string of the molecule is Cc1ccc(F)c(F)c1.O=[N+]([O-])c1ccc(C2CCCC2)cc1C(F)(F)F. The second-order valence-electron chi connectivity index (χ2n) is 6.43. The molecule has 0 heterocycles. The second kappa shape index (κ2) is 8.45. The summed E-state index contributed by atoms with van der Waals surface area (Å²) in [6.45, 7) is 1.71. The average molecular weight is 387 g/mol. The summed E-state index contributed by atoms with van der Waals surface area (Å²) in [4.78, 5) is 9.62. The summed E-state index contributed by atoms with van der Waals surface area (Å²) >= 11 is 0. The summed E-state index contributed by atoms with van der Waals surface area (Å²) in [6, 6.07) is 7.16. The summed E-state index contributed by atoms with van der Waals surface area (Å²) in [6.07, 6.45) is -0.965. The van der Waals surface area contributed by atoms with Crippen molar-refractivity contribution in [2.24, 2.45) is 0 Å². The first kappa shape index (κ1) is 20.8. The molecule has 0 unspecified atom stereocenters. The van der Waals surface area contributed by atoms with Crippen molar-refractivity contribution in [3.05, 3.63) is 74.8 Å². The van der Waals surface area contributed by atoms with Crippen LogP contribution in [0.1, 0.15) is 48.3 Å². The number of nitro groups is 1. The van der Waals surface area contributed by atoms with Crippen LogP contribution in [-0.2, 0) is 6.18 Å². The van der Waals surface area contributed by atoms with E-state index in [1.54, 1.807) is 6.92 Å². The molecule has 3 rings (SSSR count). The van der Waals surface area contributed by atoms with Crippen LogP contribution in [0.5, 0.6) is 0 Å². The van der Waals surface area contributed by atoms with Gasteiger partial charge in [0.1, 0.15) is 5.56 Å². The molecule has 146 valence electrons. The molecule has 0 spiro atoms. The van der Waals surface area contributed by atoms with Crippen molar-refractivity contribution in [3.63, 3.8) is 0 Å². The van der Waals surface area contributed by atoms with E-state index in [1.165, 1.54) is 12.1 Å². The molecule has 27 heavy (non-hydrogen) atoms. The zero-order chi connectivity index (χ0) is 20.2. The summed E-state index contributed by atoms with van der Waals surface area (Å²) in [5.74, 6) is -1.47. The van der Waals surface area contributed by atoms with E-state index < -0.39 is 34.0 Å². The molecule has 0 aliphatic heterocycles. The van der Waals surface area contributed by atoms with Crippen molar-refractivity contribution in [3.8, 4) is 0 Å². The first-order valence-electron chi connectivity index (χ1n) is 8.36. The third-order valence-corrected chi connectivity index (χ3v) is 4.42. The molecular weight excluding hydrogens is 369 g/mol. The molecule has 0 atom stereocenters. The van der Waals surface area contributed by atoms with Crippen molar-refractivity contribution >= 4 is 5.69 Å². The number of benzene rings is 2. The van der Waals surface area contributed by atoms with Crippen LogP contribution < -0.4 is 0 Å². The molecule has 0 amide bonds. The van der Waals surface area contributed by atoms with Crippen LogP contribution in [0.3, 0.4) is 0 Å². The van der Waals surface area contributed by atoms with Crippen LogP contribution in [-0.4, -0.2) is 4.92 Å². The molecule has 0 saturated heterocycles. The van der Waals surface area contributed by atoms with Gasteiger partial charge in [0, 0.05) is 6.07 Å². The van der Waals surface area contributed by atoms with E-state index in [0.717, 1.165) is 55.5 Å². The minimum atomic E-state index is -4.68. The highest BCUT2D eigenvalue weighted by atomic mass is 19.4. The third kappa shape index (κ3) is 5.48. The quantitative estimate of drug-likeness (QED) is 0.333. The Bertz CT molecular complexity index is 814. The number of nitrogens with zero attached hydrogens (tertiary/aromatic N) is 1. The Kier molecular flexibility index (Phi) is 6.51. The summed E-state index contributed by atoms with van der Waals surface area (Å²) in [7, 11) is 0. The van der Waals surface area contributed by atoms with Crippen LogP contribution >= 0.6 is 0 Å². The zero-order valence-electron chi connectivity index (χ0n) is 14.5. The zero-order valence-corrected chi connectivity index (χ0v) is 14.5. The van der Waals surface area contributed by atoms with Crippen LogP contribution in [0.4, 0.5) is 27.6 Å². The summed E-state index contributed by atoms with van der Waals surface area (Å²) in [5.41, 5.74) is -0.722. The lowest BCUT2D eigenvalue weighted by atomic mass is 9.95. The molecule has 0 N–H and O–H groups in total. The van der Waals surface area contributed by atoms with Crippen molar-refractivity contribution in [1.29, 1.82) is 0 Å². The van der Waals surface area contributed by atoms with Gasteiger partial charge in [-0.05, 0) is 55.0 Å². The lowest BCUT2D eigenvalue weighted by Crippen LogP contribution is -2.10. The fraction of sp³-hybridized carbons (Fsp3) is 0.368. The predicted octanol–water partition coefficient (Wildman–Crippen LogP) is 6.54. The molecule has 3 nitrogen and oxygen atoms in total. The Morgan fingerprint density at radius 2 is 1.63 bits per heavy atom. The number of halogens is 5. The Morgan fingerprint density at radius 1 is 1.00 bits per heavy atom. The van der Waals surface area contributed by atoms with Crippen LogP contribution in [0.25, 0.3) is 0 Å². The normalized spacial score (nSPS) is 14.6. The highest BCUT2D eigenvalue weighted by Crippen LogP contribution is 2.40. The summed E-state index contributed by atoms with van der Waals surface area (Å²) in [5, 5.41) is 10.6. The van der Waals surface area contributed by atoms with Crippen molar-refractivity contribution in [1.82, 2.24) is 0 Å². The van der Waals surface area contributed by atoms with Crippen LogP contribution in [0.15, 0.2) is 36.4 Å². The molecule has 1 saturated carbocycles. The van der Waals surface area contributed by atoms with E-state index >= 15 is 0 Å². The number of hydrogen-bond donors (Lipinski definition) is 0. The van der Waals surface area contributed by atoms with Gasteiger partial charge in [0.25, 0.3) is 5.69 Å². The Balaban J connectivity index is 0.000000244. The molecule has 1 aliphatic carbocycles. The molecule has 0 radical (unpaired) electrons. The van der Waals surface area contributed by atoms with Gasteiger partial charge in [-0.25, -0.2) is 8.78 Å². The maximum Gasteiger partial charge on any atom is 0.423 e. The number of hydrogen-bond acceptors (Lipinski definition) is 2. The second-order valence-corrected chi connectivity index (χ2v) is 6.43. The highest BCUT2D eigenvalue weighted by molar-refractivity contribution is 5.45. The average Bonchev–Trinajstić information content (AvgIpc) is 3.12. The van der Waals surface area contributed by atoms with Crippen LogP contribution in [0, 0.1) is 28.7 Å². The number of aryl methyl sites for hydroxylation is 1. The van der Waals surface area contributed by atoms with Crippen molar-refractivity contribution in [2.75, 3.05) is 0 Å². The Hall–Kier alpha value is -2.51.